The van der Waals surface area contributed by atoms with Crippen molar-refractivity contribution in [2.75, 3.05) is 30.3 Å². The second kappa shape index (κ2) is 10.5. The van der Waals surface area contributed by atoms with Crippen molar-refractivity contribution < 1.29 is 14.3 Å². The zero-order valence-corrected chi connectivity index (χ0v) is 18.7. The van der Waals surface area contributed by atoms with Crippen LogP contribution in [0.2, 0.25) is 0 Å². The van der Waals surface area contributed by atoms with Crippen LogP contribution in [-0.4, -0.2) is 41.5 Å². The number of hydrogen-bond donors (Lipinski definition) is 2. The third-order valence-corrected chi connectivity index (χ3v) is 5.34. The van der Waals surface area contributed by atoms with Crippen LogP contribution in [0.1, 0.15) is 13.3 Å². The molecule has 1 amide bonds. The lowest BCUT2D eigenvalue weighted by Crippen LogP contribution is -2.30. The average molecular weight is 445 g/mol. The molecule has 170 valence electrons. The molecule has 1 aromatic heterocycles. The predicted molar refractivity (Wildman–Crippen MR) is 130 cm³/mol. The maximum Gasteiger partial charge on any atom is 0.246 e. The minimum atomic E-state index is -0.0284. The highest BCUT2D eigenvalue weighted by atomic mass is 16.5. The van der Waals surface area contributed by atoms with Gasteiger partial charge in [-0.2, -0.15) is 0 Å². The zero-order chi connectivity index (χ0) is 23.0. The highest BCUT2D eigenvalue weighted by molar-refractivity contribution is 5.87. The molecule has 0 aliphatic carbocycles. The summed E-state index contributed by atoms with van der Waals surface area (Å²) in [5.41, 5.74) is 2.72. The summed E-state index contributed by atoms with van der Waals surface area (Å²) in [4.78, 5) is 17.9. The molecule has 3 aromatic rings. The van der Waals surface area contributed by atoms with Gasteiger partial charge in [-0.05, 0) is 61.9 Å². The number of nitrogens with one attached hydrogen (secondary N) is 2. The fourth-order valence-corrected chi connectivity index (χ4v) is 3.74. The van der Waals surface area contributed by atoms with E-state index < -0.39 is 0 Å². The van der Waals surface area contributed by atoms with E-state index in [1.807, 2.05) is 66.4 Å². The summed E-state index contributed by atoms with van der Waals surface area (Å²) in [7, 11) is 0. The van der Waals surface area contributed by atoms with Gasteiger partial charge >= 0.3 is 0 Å². The molecule has 33 heavy (non-hydrogen) atoms. The van der Waals surface area contributed by atoms with E-state index in [0.29, 0.717) is 13.2 Å². The predicted octanol–water partition coefficient (Wildman–Crippen LogP) is 5.22. The maximum atomic E-state index is 11.9. The molecule has 1 aliphatic rings. The van der Waals surface area contributed by atoms with E-state index in [2.05, 4.69) is 22.2 Å². The van der Waals surface area contributed by atoms with Crippen LogP contribution in [0.3, 0.4) is 0 Å². The fraction of sp³-hybridized carbons (Fsp3) is 0.231. The van der Waals surface area contributed by atoms with E-state index in [4.69, 9.17) is 9.47 Å². The molecule has 0 radical (unpaired) electrons. The normalized spacial score (nSPS) is 15.1. The number of hydrogen-bond acceptors (Lipinski definition) is 6. The summed E-state index contributed by atoms with van der Waals surface area (Å²) in [5, 5.41) is 6.94. The van der Waals surface area contributed by atoms with Crippen molar-refractivity contribution in [3.8, 4) is 17.2 Å². The van der Waals surface area contributed by atoms with Crippen molar-refractivity contribution in [3.05, 3.63) is 79.6 Å². The summed E-state index contributed by atoms with van der Waals surface area (Å²) >= 11 is 0. The molecule has 0 saturated carbocycles. The molecule has 1 saturated heterocycles. The van der Waals surface area contributed by atoms with Crippen LogP contribution >= 0.6 is 0 Å². The van der Waals surface area contributed by atoms with Gasteiger partial charge < -0.3 is 25.0 Å². The molecule has 1 atom stereocenters. The van der Waals surface area contributed by atoms with E-state index in [9.17, 15) is 4.79 Å². The Kier molecular flexibility index (Phi) is 7.09. The Balaban J connectivity index is 1.39. The number of carbonyl (C=O) groups excluding carboxylic acids is 1. The molecular weight excluding hydrogens is 416 g/mol. The molecule has 7 heteroatoms. The lowest BCUT2D eigenvalue weighted by atomic mass is 10.2. The van der Waals surface area contributed by atoms with Crippen molar-refractivity contribution >= 4 is 23.0 Å². The number of anilines is 3. The van der Waals surface area contributed by atoms with E-state index in [1.165, 1.54) is 6.08 Å². The Bertz CT molecular complexity index is 1100. The third kappa shape index (κ3) is 5.83. The van der Waals surface area contributed by atoms with E-state index in [0.717, 1.165) is 47.3 Å². The summed E-state index contributed by atoms with van der Waals surface area (Å²) in [6.45, 7) is 7.52. The minimum Gasteiger partial charge on any atom is -0.494 e. The first-order valence-electron chi connectivity index (χ1n) is 11.0. The van der Waals surface area contributed by atoms with Crippen LogP contribution in [-0.2, 0) is 4.79 Å². The van der Waals surface area contributed by atoms with Crippen LogP contribution in [0, 0.1) is 0 Å². The Labute approximate surface area is 194 Å². The van der Waals surface area contributed by atoms with Crippen LogP contribution in [0.15, 0.2) is 79.6 Å². The molecule has 1 fully saturated rings. The Morgan fingerprint density at radius 1 is 1.15 bits per heavy atom. The maximum absolute atomic E-state index is 11.9. The Morgan fingerprint density at radius 3 is 2.76 bits per heavy atom. The zero-order valence-electron chi connectivity index (χ0n) is 18.7. The third-order valence-electron chi connectivity index (χ3n) is 5.34. The van der Waals surface area contributed by atoms with Crippen LogP contribution in [0.4, 0.5) is 17.1 Å². The van der Waals surface area contributed by atoms with Gasteiger partial charge in [0.05, 0.1) is 24.2 Å². The number of nitrogens with zero attached hydrogens (tertiary/aromatic N) is 2. The van der Waals surface area contributed by atoms with Gasteiger partial charge in [-0.15, -0.1) is 0 Å². The average Bonchev–Trinajstić information content (AvgIpc) is 3.30. The summed E-state index contributed by atoms with van der Waals surface area (Å²) in [6, 6.07) is 17.4. The smallest absolute Gasteiger partial charge is 0.246 e. The molecule has 2 aromatic carbocycles. The number of likely N-dealkylation sites (tertiary alicyclic amines) is 1. The molecule has 4 rings (SSSR count). The monoisotopic (exact) mass is 444 g/mol. The largest absolute Gasteiger partial charge is 0.494 e. The van der Waals surface area contributed by atoms with E-state index in [-0.39, 0.29) is 11.9 Å². The number of rotatable bonds is 9. The van der Waals surface area contributed by atoms with Gasteiger partial charge in [0, 0.05) is 37.1 Å². The van der Waals surface area contributed by atoms with Crippen molar-refractivity contribution in [3.63, 3.8) is 0 Å². The van der Waals surface area contributed by atoms with Gasteiger partial charge in [-0.25, -0.2) is 0 Å². The Morgan fingerprint density at radius 2 is 1.97 bits per heavy atom. The van der Waals surface area contributed by atoms with Gasteiger partial charge in [-0.3, -0.25) is 9.78 Å². The summed E-state index contributed by atoms with van der Waals surface area (Å²) in [6.07, 6.45) is 5.79. The molecule has 0 bridgehead atoms. The standard InChI is InChI=1S/C26H28N4O3/c1-3-26(31)30-15-13-20(18-30)29-24-12-14-27-17-25(24)28-19-8-10-21(11-9-19)33-23-7-5-6-22(16-23)32-4-2/h3,5-12,14,16-17,20,28H,1,4,13,15,18H2,2H3,(H,27,29). The number of aromatic nitrogens is 1. The second-order valence-corrected chi connectivity index (χ2v) is 7.70. The molecule has 7 nitrogen and oxygen atoms in total. The lowest BCUT2D eigenvalue weighted by molar-refractivity contribution is -0.125. The first-order chi connectivity index (χ1) is 16.1. The van der Waals surface area contributed by atoms with Gasteiger partial charge in [0.2, 0.25) is 5.91 Å². The quantitative estimate of drug-likeness (QED) is 0.441. The number of pyridine rings is 1. The minimum absolute atomic E-state index is 0.0284. The first-order valence-corrected chi connectivity index (χ1v) is 11.0. The lowest BCUT2D eigenvalue weighted by Gasteiger charge is -2.19. The van der Waals surface area contributed by atoms with Gasteiger partial charge in [-0.1, -0.05) is 12.6 Å². The van der Waals surface area contributed by atoms with Crippen LogP contribution in [0.25, 0.3) is 0 Å². The Hall–Kier alpha value is -4.00. The molecule has 1 aliphatic heterocycles. The molecule has 0 spiro atoms. The van der Waals surface area contributed by atoms with Crippen molar-refractivity contribution in [2.45, 2.75) is 19.4 Å². The van der Waals surface area contributed by atoms with Crippen LogP contribution in [0.5, 0.6) is 17.2 Å². The number of benzene rings is 2. The van der Waals surface area contributed by atoms with Crippen molar-refractivity contribution in [1.29, 1.82) is 0 Å². The number of carbonyl (C=O) groups is 1. The van der Waals surface area contributed by atoms with Gasteiger partial charge in [0.1, 0.15) is 17.2 Å². The van der Waals surface area contributed by atoms with Crippen LogP contribution < -0.4 is 20.1 Å². The topological polar surface area (TPSA) is 75.7 Å². The van der Waals surface area contributed by atoms with Gasteiger partial charge in [0.15, 0.2) is 0 Å². The summed E-state index contributed by atoms with van der Waals surface area (Å²) < 4.78 is 11.5. The highest BCUT2D eigenvalue weighted by Gasteiger charge is 2.25. The van der Waals surface area contributed by atoms with Crippen molar-refractivity contribution in [1.82, 2.24) is 9.88 Å². The fourth-order valence-electron chi connectivity index (χ4n) is 3.74. The van der Waals surface area contributed by atoms with E-state index >= 15 is 0 Å². The SMILES string of the molecule is C=CC(=O)N1CCC(Nc2ccncc2Nc2ccc(Oc3cccc(OCC)c3)cc2)C1. The molecule has 1 unspecified atom stereocenters. The van der Waals surface area contributed by atoms with Gasteiger partial charge in [0.25, 0.3) is 0 Å². The number of amides is 1. The second-order valence-electron chi connectivity index (χ2n) is 7.70. The highest BCUT2D eigenvalue weighted by Crippen LogP contribution is 2.29. The molecule has 2 N–H and O–H groups in total. The first kappa shape index (κ1) is 22.2. The molecular formula is C26H28N4O3. The van der Waals surface area contributed by atoms with Crippen molar-refractivity contribution in [2.24, 2.45) is 0 Å². The molecule has 2 heterocycles. The number of ether oxygens (including phenoxy) is 2. The summed E-state index contributed by atoms with van der Waals surface area (Å²) in [5.74, 6) is 2.21. The van der Waals surface area contributed by atoms with E-state index in [1.54, 1.807) is 12.4 Å².